The van der Waals surface area contributed by atoms with Crippen LogP contribution >= 0.6 is 11.8 Å². The van der Waals surface area contributed by atoms with E-state index in [4.69, 9.17) is 4.74 Å². The van der Waals surface area contributed by atoms with E-state index in [2.05, 4.69) is 6.07 Å². The van der Waals surface area contributed by atoms with Gasteiger partial charge in [-0.05, 0) is 35.9 Å². The fourth-order valence-corrected chi connectivity index (χ4v) is 2.70. The van der Waals surface area contributed by atoms with Crippen LogP contribution in [0.2, 0.25) is 0 Å². The molecule has 0 radical (unpaired) electrons. The van der Waals surface area contributed by atoms with Crippen molar-refractivity contribution in [2.45, 2.75) is 24.2 Å². The highest BCUT2D eigenvalue weighted by Crippen LogP contribution is 2.29. The van der Waals surface area contributed by atoms with E-state index in [0.717, 1.165) is 23.5 Å². The van der Waals surface area contributed by atoms with E-state index in [0.29, 0.717) is 18.6 Å². The minimum atomic E-state index is 0.338. The molecule has 0 bridgehead atoms. The molecule has 2 nitrogen and oxygen atoms in total. The van der Waals surface area contributed by atoms with E-state index >= 15 is 0 Å². The van der Waals surface area contributed by atoms with Gasteiger partial charge < -0.3 is 4.74 Å². The quantitative estimate of drug-likeness (QED) is 0.730. The predicted octanol–water partition coefficient (Wildman–Crippen LogP) is 2.69. The van der Waals surface area contributed by atoms with Crippen LogP contribution in [0.1, 0.15) is 18.4 Å². The summed E-state index contributed by atoms with van der Waals surface area (Å²) < 4.78 is 5.17. The summed E-state index contributed by atoms with van der Waals surface area (Å²) in [5.74, 6) is 2.21. The fraction of sp³-hybridized carbons (Fsp3) is 0.417. The van der Waals surface area contributed by atoms with Gasteiger partial charge in [-0.1, -0.05) is 0 Å². The van der Waals surface area contributed by atoms with Gasteiger partial charge in [0.2, 0.25) is 0 Å². The van der Waals surface area contributed by atoms with Crippen molar-refractivity contribution in [3.8, 4) is 5.75 Å². The van der Waals surface area contributed by atoms with E-state index in [1.807, 2.05) is 23.9 Å². The van der Waals surface area contributed by atoms with Gasteiger partial charge in [0.15, 0.2) is 0 Å². The second-order valence-corrected chi connectivity index (χ2v) is 4.78. The number of hydrogen-bond acceptors (Lipinski definition) is 3. The van der Waals surface area contributed by atoms with Crippen molar-refractivity contribution in [3.63, 3.8) is 0 Å². The van der Waals surface area contributed by atoms with Gasteiger partial charge >= 0.3 is 0 Å². The Morgan fingerprint density at radius 3 is 3.07 bits per heavy atom. The van der Waals surface area contributed by atoms with Crippen LogP contribution in [-0.2, 0) is 11.2 Å². The maximum absolute atomic E-state index is 11.5. The zero-order chi connectivity index (χ0) is 10.7. The summed E-state index contributed by atoms with van der Waals surface area (Å²) in [4.78, 5) is 12.8. The highest BCUT2D eigenvalue weighted by Gasteiger charge is 2.13. The maximum atomic E-state index is 11.5. The summed E-state index contributed by atoms with van der Waals surface area (Å²) >= 11 is 1.84. The topological polar surface area (TPSA) is 26.3 Å². The molecule has 1 aliphatic rings. The van der Waals surface area contributed by atoms with Crippen LogP contribution in [0.25, 0.3) is 0 Å². The van der Waals surface area contributed by atoms with Gasteiger partial charge in [0.25, 0.3) is 0 Å². The Hall–Kier alpha value is -0.960. The van der Waals surface area contributed by atoms with Crippen LogP contribution in [0.5, 0.6) is 5.75 Å². The molecule has 3 heteroatoms. The summed E-state index contributed by atoms with van der Waals surface area (Å²) in [7, 11) is 1.65. The minimum absolute atomic E-state index is 0.338. The van der Waals surface area contributed by atoms with Crippen molar-refractivity contribution in [2.75, 3.05) is 12.9 Å². The van der Waals surface area contributed by atoms with Crippen LogP contribution in [0, 0.1) is 0 Å². The third kappa shape index (κ3) is 2.53. The number of ether oxygens (including phenoxy) is 1. The zero-order valence-electron chi connectivity index (χ0n) is 8.79. The summed E-state index contributed by atoms with van der Waals surface area (Å²) in [6.45, 7) is 0. The van der Waals surface area contributed by atoms with E-state index in [9.17, 15) is 4.79 Å². The number of carbonyl (C=O) groups is 1. The molecule has 0 atom stereocenters. The van der Waals surface area contributed by atoms with Crippen molar-refractivity contribution in [1.29, 1.82) is 0 Å². The van der Waals surface area contributed by atoms with Crippen LogP contribution in [-0.4, -0.2) is 18.6 Å². The Morgan fingerprint density at radius 2 is 2.27 bits per heavy atom. The zero-order valence-corrected chi connectivity index (χ0v) is 9.60. The third-order valence-electron chi connectivity index (χ3n) is 2.51. The highest BCUT2D eigenvalue weighted by molar-refractivity contribution is 7.99. The lowest BCUT2D eigenvalue weighted by molar-refractivity contribution is -0.118. The van der Waals surface area contributed by atoms with E-state index < -0.39 is 0 Å². The number of rotatable bonds is 1. The first-order chi connectivity index (χ1) is 7.29. The Kier molecular flexibility index (Phi) is 3.31. The summed E-state index contributed by atoms with van der Waals surface area (Å²) in [6.07, 6.45) is 2.26. The van der Waals surface area contributed by atoms with E-state index in [1.165, 1.54) is 4.90 Å². The van der Waals surface area contributed by atoms with Crippen LogP contribution < -0.4 is 4.74 Å². The van der Waals surface area contributed by atoms with Crippen molar-refractivity contribution in [2.24, 2.45) is 0 Å². The van der Waals surface area contributed by atoms with Gasteiger partial charge in [0, 0.05) is 17.7 Å². The summed E-state index contributed by atoms with van der Waals surface area (Å²) in [5.41, 5.74) is 1.11. The van der Waals surface area contributed by atoms with Gasteiger partial charge in [0.1, 0.15) is 11.5 Å². The summed E-state index contributed by atoms with van der Waals surface area (Å²) in [5, 5.41) is 0. The van der Waals surface area contributed by atoms with Crippen molar-refractivity contribution < 1.29 is 9.53 Å². The van der Waals surface area contributed by atoms with Gasteiger partial charge in [0.05, 0.1) is 7.11 Å². The van der Waals surface area contributed by atoms with Crippen molar-refractivity contribution in [1.82, 2.24) is 0 Å². The molecule has 1 aliphatic heterocycles. The minimum Gasteiger partial charge on any atom is -0.497 e. The number of Topliss-reactive ketones (excluding diaryl/α,β-unsaturated/α-hetero) is 1. The molecule has 1 aromatic carbocycles. The molecule has 0 saturated carbocycles. The van der Waals surface area contributed by atoms with Crippen molar-refractivity contribution >= 4 is 17.5 Å². The molecule has 1 aromatic rings. The molecule has 0 aliphatic carbocycles. The van der Waals surface area contributed by atoms with Gasteiger partial charge in [-0.15, -0.1) is 11.8 Å². The average molecular weight is 222 g/mol. The molecule has 0 N–H and O–H groups in total. The Bertz CT molecular complexity index is 374. The second-order valence-electron chi connectivity index (χ2n) is 3.64. The number of hydrogen-bond donors (Lipinski definition) is 0. The molecule has 0 fully saturated rings. The van der Waals surface area contributed by atoms with E-state index in [-0.39, 0.29) is 0 Å². The lowest BCUT2D eigenvalue weighted by atomic mass is 10.1. The van der Waals surface area contributed by atoms with Gasteiger partial charge in [-0.3, -0.25) is 4.79 Å². The first-order valence-electron chi connectivity index (χ1n) is 5.11. The van der Waals surface area contributed by atoms with Gasteiger partial charge in [-0.2, -0.15) is 0 Å². The predicted molar refractivity (Wildman–Crippen MR) is 61.7 cm³/mol. The summed E-state index contributed by atoms with van der Waals surface area (Å²) in [6, 6.07) is 5.99. The van der Waals surface area contributed by atoms with E-state index in [1.54, 1.807) is 7.11 Å². The number of thioether (sulfide) groups is 1. The molecule has 0 amide bonds. The van der Waals surface area contributed by atoms with Gasteiger partial charge in [-0.25, -0.2) is 0 Å². The molecule has 0 spiro atoms. The molecule has 0 unspecified atom stereocenters. The number of methoxy groups -OCH3 is 1. The average Bonchev–Trinajstić information content (AvgIpc) is 2.22. The first kappa shape index (κ1) is 10.6. The highest BCUT2D eigenvalue weighted by atomic mass is 32.2. The Balaban J connectivity index is 2.32. The maximum Gasteiger partial charge on any atom is 0.137 e. The molecule has 2 rings (SSSR count). The molecular weight excluding hydrogens is 208 g/mol. The normalized spacial score (nSPS) is 16.5. The number of benzene rings is 1. The Labute approximate surface area is 94.0 Å². The molecule has 80 valence electrons. The molecule has 0 aromatic heterocycles. The largest absolute Gasteiger partial charge is 0.497 e. The molecule has 0 saturated heterocycles. The third-order valence-corrected chi connectivity index (χ3v) is 3.71. The number of carbonyl (C=O) groups excluding carboxylic acids is 1. The lowest BCUT2D eigenvalue weighted by Crippen LogP contribution is -2.07. The van der Waals surface area contributed by atoms with Crippen LogP contribution in [0.4, 0.5) is 0 Å². The number of fused-ring (bicyclic) bond motifs is 1. The molecule has 1 heterocycles. The van der Waals surface area contributed by atoms with Crippen molar-refractivity contribution in [3.05, 3.63) is 23.8 Å². The second kappa shape index (κ2) is 4.71. The number of ketones is 1. The molecule has 15 heavy (non-hydrogen) atoms. The van der Waals surface area contributed by atoms with Crippen LogP contribution in [0.3, 0.4) is 0 Å². The standard InChI is InChI=1S/C12H14O2S/c1-14-11-4-5-12-9(8-11)7-10(13)3-2-6-15-12/h4-5,8H,2-3,6-7H2,1H3. The van der Waals surface area contributed by atoms with Crippen LogP contribution in [0.15, 0.2) is 23.1 Å². The fourth-order valence-electron chi connectivity index (χ4n) is 1.71. The SMILES string of the molecule is COc1ccc2c(c1)CC(=O)CCCS2. The smallest absolute Gasteiger partial charge is 0.137 e. The Morgan fingerprint density at radius 1 is 1.40 bits per heavy atom. The first-order valence-corrected chi connectivity index (χ1v) is 6.09. The lowest BCUT2D eigenvalue weighted by Gasteiger charge is -2.13. The molecular formula is C12H14O2S. The monoisotopic (exact) mass is 222 g/mol.